The van der Waals surface area contributed by atoms with Gasteiger partial charge in [-0.2, -0.15) is 0 Å². The third-order valence-corrected chi connectivity index (χ3v) is 3.75. The fraction of sp³-hybridized carbons (Fsp3) is 0.455. The Morgan fingerprint density at radius 1 is 1.53 bits per heavy atom. The second-order valence-corrected chi connectivity index (χ2v) is 5.11. The Balaban J connectivity index is 2.19. The van der Waals surface area contributed by atoms with Crippen molar-refractivity contribution in [2.45, 2.75) is 12.5 Å². The molecule has 1 N–H and O–H groups in total. The third-order valence-electron chi connectivity index (χ3n) is 2.85. The number of likely N-dealkylation sites (N-methyl/N-ethyl adjacent to an activating group) is 1. The summed E-state index contributed by atoms with van der Waals surface area (Å²) in [5, 5.41) is 4.10. The molecule has 0 amide bonds. The number of halogens is 2. The van der Waals surface area contributed by atoms with Crippen LogP contribution in [0.15, 0.2) is 22.7 Å². The molecule has 0 aliphatic carbocycles. The zero-order valence-electron chi connectivity index (χ0n) is 8.63. The van der Waals surface area contributed by atoms with Crippen molar-refractivity contribution in [3.8, 4) is 0 Å². The number of anilines is 1. The van der Waals surface area contributed by atoms with Crippen LogP contribution in [0, 0.1) is 0 Å². The highest BCUT2D eigenvalue weighted by Crippen LogP contribution is 2.31. The average molecular weight is 290 g/mol. The van der Waals surface area contributed by atoms with Crippen LogP contribution in [0.4, 0.5) is 5.69 Å². The highest BCUT2D eigenvalue weighted by atomic mass is 79.9. The van der Waals surface area contributed by atoms with Crippen LogP contribution in [0.25, 0.3) is 0 Å². The second kappa shape index (κ2) is 4.73. The number of hydrogen-bond donors (Lipinski definition) is 1. The Morgan fingerprint density at radius 2 is 2.33 bits per heavy atom. The minimum atomic E-state index is 0.593. The van der Waals surface area contributed by atoms with E-state index >= 15 is 0 Å². The van der Waals surface area contributed by atoms with Gasteiger partial charge in [-0.1, -0.05) is 11.6 Å². The molecule has 0 spiro atoms. The van der Waals surface area contributed by atoms with Crippen LogP contribution in [0.2, 0.25) is 5.02 Å². The molecule has 0 aromatic heterocycles. The highest BCUT2D eigenvalue weighted by Gasteiger charge is 2.22. The molecule has 1 fully saturated rings. The Labute approximate surface area is 104 Å². The van der Waals surface area contributed by atoms with Gasteiger partial charge in [-0.25, -0.2) is 0 Å². The SMILES string of the molecule is CNC1CCN(c2cc(Cl)ccc2Br)C1. The standard InChI is InChI=1S/C11H14BrClN2/c1-14-9-4-5-15(7-9)11-6-8(13)2-3-10(11)12/h2-3,6,9,14H,4-5,7H2,1H3. The van der Waals surface area contributed by atoms with Gasteiger partial charge in [0.25, 0.3) is 0 Å². The van der Waals surface area contributed by atoms with E-state index in [9.17, 15) is 0 Å². The summed E-state index contributed by atoms with van der Waals surface area (Å²) in [4.78, 5) is 2.36. The molecule has 0 saturated carbocycles. The number of nitrogens with zero attached hydrogens (tertiary/aromatic N) is 1. The number of rotatable bonds is 2. The molecular weight excluding hydrogens is 275 g/mol. The van der Waals surface area contributed by atoms with Gasteiger partial charge in [0.05, 0.1) is 5.69 Å². The molecule has 1 atom stereocenters. The van der Waals surface area contributed by atoms with E-state index in [2.05, 4.69) is 26.1 Å². The van der Waals surface area contributed by atoms with Crippen molar-refractivity contribution in [1.29, 1.82) is 0 Å². The molecule has 2 rings (SSSR count). The minimum Gasteiger partial charge on any atom is -0.369 e. The molecule has 1 aromatic rings. The van der Waals surface area contributed by atoms with Gasteiger partial charge >= 0.3 is 0 Å². The first kappa shape index (κ1) is 11.2. The van der Waals surface area contributed by atoms with Crippen LogP contribution in [-0.4, -0.2) is 26.2 Å². The van der Waals surface area contributed by atoms with Crippen LogP contribution in [0.1, 0.15) is 6.42 Å². The van der Waals surface area contributed by atoms with Crippen LogP contribution >= 0.6 is 27.5 Å². The second-order valence-electron chi connectivity index (χ2n) is 3.82. The third kappa shape index (κ3) is 2.47. The normalized spacial score (nSPS) is 21.0. The van der Waals surface area contributed by atoms with Gasteiger partial charge < -0.3 is 10.2 Å². The number of benzene rings is 1. The van der Waals surface area contributed by atoms with Crippen molar-refractivity contribution in [2.24, 2.45) is 0 Å². The summed E-state index contributed by atoms with van der Waals surface area (Å²) >= 11 is 9.56. The fourth-order valence-electron chi connectivity index (χ4n) is 1.94. The maximum absolute atomic E-state index is 6.00. The maximum Gasteiger partial charge on any atom is 0.0526 e. The van der Waals surface area contributed by atoms with E-state index in [1.54, 1.807) is 0 Å². The van der Waals surface area contributed by atoms with Crippen LogP contribution < -0.4 is 10.2 Å². The lowest BCUT2D eigenvalue weighted by Crippen LogP contribution is -2.29. The zero-order valence-corrected chi connectivity index (χ0v) is 11.0. The number of nitrogens with one attached hydrogen (secondary N) is 1. The lowest BCUT2D eigenvalue weighted by molar-refractivity contribution is 0.617. The Kier molecular flexibility index (Phi) is 3.54. The smallest absolute Gasteiger partial charge is 0.0526 e. The van der Waals surface area contributed by atoms with Crippen molar-refractivity contribution in [3.63, 3.8) is 0 Å². The molecule has 4 heteroatoms. The zero-order chi connectivity index (χ0) is 10.8. The molecule has 1 aliphatic rings. The summed E-state index contributed by atoms with van der Waals surface area (Å²) in [5.74, 6) is 0. The van der Waals surface area contributed by atoms with Gasteiger partial charge in [0.15, 0.2) is 0 Å². The molecular formula is C11H14BrClN2. The van der Waals surface area contributed by atoms with Gasteiger partial charge in [0.1, 0.15) is 0 Å². The molecule has 1 unspecified atom stereocenters. The first-order valence-corrected chi connectivity index (χ1v) is 6.25. The summed E-state index contributed by atoms with van der Waals surface area (Å²) in [7, 11) is 2.02. The van der Waals surface area contributed by atoms with E-state index in [1.165, 1.54) is 12.1 Å². The molecule has 0 radical (unpaired) electrons. The largest absolute Gasteiger partial charge is 0.369 e. The molecule has 2 nitrogen and oxygen atoms in total. The molecule has 1 aromatic carbocycles. The van der Waals surface area contributed by atoms with E-state index < -0.39 is 0 Å². The van der Waals surface area contributed by atoms with E-state index in [4.69, 9.17) is 11.6 Å². The fourth-order valence-corrected chi connectivity index (χ4v) is 2.61. The summed E-state index contributed by atoms with van der Waals surface area (Å²) in [6, 6.07) is 6.52. The molecule has 15 heavy (non-hydrogen) atoms. The minimum absolute atomic E-state index is 0.593. The molecule has 1 aliphatic heterocycles. The van der Waals surface area contributed by atoms with Crippen molar-refractivity contribution in [3.05, 3.63) is 27.7 Å². The van der Waals surface area contributed by atoms with Gasteiger partial charge in [0, 0.05) is 28.6 Å². The van der Waals surface area contributed by atoms with E-state index in [1.807, 2.05) is 25.2 Å². The predicted molar refractivity (Wildman–Crippen MR) is 68.8 cm³/mol. The molecule has 82 valence electrons. The molecule has 1 saturated heterocycles. The van der Waals surface area contributed by atoms with Crippen LogP contribution in [-0.2, 0) is 0 Å². The van der Waals surface area contributed by atoms with Gasteiger partial charge in [-0.05, 0) is 47.6 Å². The number of hydrogen-bond acceptors (Lipinski definition) is 2. The van der Waals surface area contributed by atoms with Gasteiger partial charge in [-0.15, -0.1) is 0 Å². The Morgan fingerprint density at radius 3 is 3.00 bits per heavy atom. The highest BCUT2D eigenvalue weighted by molar-refractivity contribution is 9.10. The maximum atomic E-state index is 6.00. The summed E-state index contributed by atoms with van der Waals surface area (Å²) in [6.07, 6.45) is 1.19. The lowest BCUT2D eigenvalue weighted by atomic mass is 10.3. The Bertz CT molecular complexity index is 356. The molecule has 0 bridgehead atoms. The first-order chi connectivity index (χ1) is 7.20. The molecule has 1 heterocycles. The topological polar surface area (TPSA) is 15.3 Å². The van der Waals surface area contributed by atoms with Crippen molar-refractivity contribution < 1.29 is 0 Å². The lowest BCUT2D eigenvalue weighted by Gasteiger charge is -2.20. The van der Waals surface area contributed by atoms with Crippen LogP contribution in [0.5, 0.6) is 0 Å². The van der Waals surface area contributed by atoms with E-state index in [0.29, 0.717) is 6.04 Å². The van der Waals surface area contributed by atoms with E-state index in [-0.39, 0.29) is 0 Å². The summed E-state index contributed by atoms with van der Waals surface area (Å²) in [6.45, 7) is 2.14. The predicted octanol–water partition coefficient (Wildman–Crippen LogP) is 2.90. The van der Waals surface area contributed by atoms with Crippen molar-refractivity contribution in [1.82, 2.24) is 5.32 Å². The average Bonchev–Trinajstić information content (AvgIpc) is 2.70. The first-order valence-electron chi connectivity index (χ1n) is 5.08. The van der Waals surface area contributed by atoms with Crippen molar-refractivity contribution >= 4 is 33.2 Å². The van der Waals surface area contributed by atoms with Gasteiger partial charge in [-0.3, -0.25) is 0 Å². The summed E-state index contributed by atoms with van der Waals surface area (Å²) in [5.41, 5.74) is 1.19. The summed E-state index contributed by atoms with van der Waals surface area (Å²) < 4.78 is 1.11. The van der Waals surface area contributed by atoms with E-state index in [0.717, 1.165) is 22.6 Å². The monoisotopic (exact) mass is 288 g/mol. The van der Waals surface area contributed by atoms with Crippen LogP contribution in [0.3, 0.4) is 0 Å². The quantitative estimate of drug-likeness (QED) is 0.900. The van der Waals surface area contributed by atoms with Gasteiger partial charge in [0.2, 0.25) is 0 Å². The van der Waals surface area contributed by atoms with Crippen molar-refractivity contribution in [2.75, 3.05) is 25.0 Å². The Hall–Kier alpha value is -0.250.